The van der Waals surface area contributed by atoms with Crippen LogP contribution in [-0.4, -0.2) is 43.5 Å². The first-order valence-corrected chi connectivity index (χ1v) is 19.6. The van der Waals surface area contributed by atoms with Gasteiger partial charge in [-0.15, -0.1) is 22.7 Å². The van der Waals surface area contributed by atoms with Gasteiger partial charge in [0, 0.05) is 14.6 Å². The van der Waals surface area contributed by atoms with Crippen molar-refractivity contribution in [3.8, 4) is 0 Å². The molecule has 14 heteroatoms. The van der Waals surface area contributed by atoms with Gasteiger partial charge in [-0.2, -0.15) is 27.6 Å². The molecule has 0 aliphatic rings. The van der Waals surface area contributed by atoms with E-state index in [4.69, 9.17) is 33.2 Å². The number of rotatable bonds is 10. The molecule has 0 fully saturated rings. The van der Waals surface area contributed by atoms with Crippen LogP contribution in [0.3, 0.4) is 0 Å². The Balaban J connectivity index is 0. The Hall–Kier alpha value is -4.55. The maximum absolute atomic E-state index is 12.4. The van der Waals surface area contributed by atoms with Crippen molar-refractivity contribution in [2.45, 2.75) is 87.4 Å². The smallest absolute Gasteiger partial charge is 0.373 e. The molecular formula is C40H52O11S3. The summed E-state index contributed by atoms with van der Waals surface area (Å²) in [4.78, 5) is 60.9. The minimum Gasteiger partial charge on any atom is -0.460 e. The quantitative estimate of drug-likeness (QED) is 0.120. The zero-order valence-corrected chi connectivity index (χ0v) is 33.7. The third-order valence-electron chi connectivity index (χ3n) is 6.74. The summed E-state index contributed by atoms with van der Waals surface area (Å²) < 4.78 is 36.8. The van der Waals surface area contributed by atoms with Gasteiger partial charge in [0.2, 0.25) is 0 Å². The average molecular weight is 805 g/mol. The standard InChI is InChI=1S/C20H26O2S.C16H18O2S.CH4O3S.2CO2.CH4/c1-19(2,3)17-12-11-16(23-17)13-20(4,5)18(21)22-14-15-9-7-6-8-10-15;1-16(2,11-14-9-6-10-19-14)15(17)18-12-13-7-4-3-5-8-13;1-5(2,3)4;2*2-1-3;/h6-12H,13-14H2,1-5H3;3-10H,11-12H2,1-2H3;1H3,(H,2,3,4);;;1H4. The van der Waals surface area contributed by atoms with E-state index in [1.165, 1.54) is 14.6 Å². The summed E-state index contributed by atoms with van der Waals surface area (Å²) in [6.07, 6.45) is 2.65. The van der Waals surface area contributed by atoms with Gasteiger partial charge < -0.3 is 9.47 Å². The molecule has 0 aliphatic heterocycles. The van der Waals surface area contributed by atoms with Crippen LogP contribution in [0.5, 0.6) is 0 Å². The maximum Gasteiger partial charge on any atom is 0.373 e. The molecule has 1 N–H and O–H groups in total. The van der Waals surface area contributed by atoms with Crippen LogP contribution in [0.15, 0.2) is 90.3 Å². The van der Waals surface area contributed by atoms with Crippen molar-refractivity contribution >= 4 is 57.0 Å². The molecule has 0 radical (unpaired) electrons. The van der Waals surface area contributed by atoms with Gasteiger partial charge in [-0.25, -0.2) is 0 Å². The van der Waals surface area contributed by atoms with Crippen molar-refractivity contribution in [1.29, 1.82) is 0 Å². The normalized spacial score (nSPS) is 10.5. The highest BCUT2D eigenvalue weighted by Gasteiger charge is 2.31. The Morgan fingerprint density at radius 2 is 1.02 bits per heavy atom. The van der Waals surface area contributed by atoms with Crippen molar-refractivity contribution in [2.75, 3.05) is 6.26 Å². The minimum absolute atomic E-state index is 0. The molecule has 0 atom stereocenters. The van der Waals surface area contributed by atoms with E-state index in [1.54, 1.807) is 22.7 Å². The zero-order chi connectivity index (χ0) is 40.7. The first kappa shape index (κ1) is 51.6. The Kier molecular flexibility index (Phi) is 24.3. The van der Waals surface area contributed by atoms with Gasteiger partial charge in [-0.1, -0.05) is 94.9 Å². The highest BCUT2D eigenvalue weighted by molar-refractivity contribution is 7.85. The second-order valence-corrected chi connectivity index (χ2v) is 17.4. The van der Waals surface area contributed by atoms with Crippen LogP contribution in [0.2, 0.25) is 0 Å². The van der Waals surface area contributed by atoms with Crippen LogP contribution < -0.4 is 0 Å². The molecule has 0 aliphatic carbocycles. The average Bonchev–Trinajstić information content (AvgIpc) is 3.76. The van der Waals surface area contributed by atoms with E-state index >= 15 is 0 Å². The molecule has 0 saturated heterocycles. The highest BCUT2D eigenvalue weighted by atomic mass is 32.2. The Labute approximate surface area is 327 Å². The van der Waals surface area contributed by atoms with Gasteiger partial charge in [-0.05, 0) is 80.7 Å². The van der Waals surface area contributed by atoms with E-state index in [-0.39, 0.29) is 37.1 Å². The van der Waals surface area contributed by atoms with E-state index in [2.05, 4.69) is 39.0 Å². The number of benzene rings is 2. The van der Waals surface area contributed by atoms with Gasteiger partial charge in [0.15, 0.2) is 0 Å². The van der Waals surface area contributed by atoms with Crippen LogP contribution in [0, 0.1) is 10.8 Å². The highest BCUT2D eigenvalue weighted by Crippen LogP contribution is 2.33. The number of hydrogen-bond acceptors (Lipinski definition) is 12. The van der Waals surface area contributed by atoms with Crippen molar-refractivity contribution in [1.82, 2.24) is 0 Å². The van der Waals surface area contributed by atoms with E-state index < -0.39 is 20.9 Å². The van der Waals surface area contributed by atoms with Crippen LogP contribution in [0.1, 0.15) is 81.7 Å². The molecule has 4 aromatic rings. The predicted molar refractivity (Wildman–Crippen MR) is 209 cm³/mol. The van der Waals surface area contributed by atoms with Crippen molar-refractivity contribution in [3.63, 3.8) is 0 Å². The zero-order valence-electron chi connectivity index (χ0n) is 31.2. The molecular weight excluding hydrogens is 753 g/mol. The first-order valence-electron chi connectivity index (χ1n) is 16.0. The predicted octanol–water partition coefficient (Wildman–Crippen LogP) is 8.39. The topological polar surface area (TPSA) is 175 Å². The van der Waals surface area contributed by atoms with E-state index in [9.17, 15) is 18.0 Å². The summed E-state index contributed by atoms with van der Waals surface area (Å²) in [6, 6.07) is 27.9. The fraction of sp³-hybridized carbons (Fsp3) is 0.400. The molecule has 2 aromatic carbocycles. The number of thiophene rings is 2. The molecule has 0 spiro atoms. The van der Waals surface area contributed by atoms with Gasteiger partial charge in [-0.3, -0.25) is 14.1 Å². The van der Waals surface area contributed by atoms with Gasteiger partial charge in [0.1, 0.15) is 13.2 Å². The van der Waals surface area contributed by atoms with E-state index in [0.717, 1.165) is 17.5 Å². The number of carbonyl (C=O) groups is 2. The molecule has 0 amide bonds. The van der Waals surface area contributed by atoms with Gasteiger partial charge in [0.25, 0.3) is 10.1 Å². The largest absolute Gasteiger partial charge is 0.460 e. The summed E-state index contributed by atoms with van der Waals surface area (Å²) >= 11 is 3.46. The fourth-order valence-electron chi connectivity index (χ4n) is 4.14. The fourth-order valence-corrected chi connectivity index (χ4v) is 6.37. The Bertz CT molecular complexity index is 1790. The van der Waals surface area contributed by atoms with Crippen molar-refractivity contribution < 1.29 is 51.2 Å². The molecule has 54 heavy (non-hydrogen) atoms. The lowest BCUT2D eigenvalue weighted by atomic mass is 9.88. The van der Waals surface area contributed by atoms with Gasteiger partial charge >= 0.3 is 24.2 Å². The minimum atomic E-state index is -3.67. The Morgan fingerprint density at radius 3 is 1.33 bits per heavy atom. The monoisotopic (exact) mass is 804 g/mol. The molecule has 11 nitrogen and oxygen atoms in total. The molecule has 0 saturated carbocycles. The summed E-state index contributed by atoms with van der Waals surface area (Å²) in [5, 5.41) is 2.03. The number of hydrogen-bond donors (Lipinski definition) is 1. The van der Waals surface area contributed by atoms with Crippen LogP contribution in [0.4, 0.5) is 0 Å². The Morgan fingerprint density at radius 1 is 0.648 bits per heavy atom. The second kappa shape index (κ2) is 25.5. The summed E-state index contributed by atoms with van der Waals surface area (Å²) in [6.45, 7) is 15.1. The molecule has 2 heterocycles. The second-order valence-electron chi connectivity index (χ2n) is 13.7. The van der Waals surface area contributed by atoms with Gasteiger partial charge in [0.05, 0.1) is 17.1 Å². The summed E-state index contributed by atoms with van der Waals surface area (Å²) in [7, 11) is -3.67. The third kappa shape index (κ3) is 23.9. The molecule has 0 unspecified atom stereocenters. The lowest BCUT2D eigenvalue weighted by Gasteiger charge is -2.22. The molecule has 0 bridgehead atoms. The molecule has 296 valence electrons. The third-order valence-corrected chi connectivity index (χ3v) is 9.13. The molecule has 4 rings (SSSR count). The van der Waals surface area contributed by atoms with Crippen LogP contribution in [-0.2, 0) is 79.8 Å². The SMILES string of the molecule is C.CC(C)(Cc1ccc(C(C)(C)C)s1)C(=O)OCc1ccccc1.CC(C)(Cc1cccs1)C(=O)OCc1ccccc1.CS(=O)(=O)O.O=C=O.O=C=O. The number of ether oxygens (including phenoxy) is 2. The summed E-state index contributed by atoms with van der Waals surface area (Å²) in [5.74, 6) is -0.295. The van der Waals surface area contributed by atoms with Crippen LogP contribution >= 0.6 is 22.7 Å². The lowest BCUT2D eigenvalue weighted by Crippen LogP contribution is -2.28. The lowest BCUT2D eigenvalue weighted by molar-refractivity contribution is -0.193. The van der Waals surface area contributed by atoms with E-state index in [1.807, 2.05) is 99.8 Å². The van der Waals surface area contributed by atoms with Crippen molar-refractivity contribution in [3.05, 3.63) is 116 Å². The number of esters is 2. The summed E-state index contributed by atoms with van der Waals surface area (Å²) in [5.41, 5.74) is 1.18. The maximum atomic E-state index is 12.4. The van der Waals surface area contributed by atoms with Crippen molar-refractivity contribution in [2.24, 2.45) is 10.8 Å². The van der Waals surface area contributed by atoms with E-state index in [0.29, 0.717) is 25.9 Å². The number of carbonyl (C=O) groups excluding carboxylic acids is 6. The molecule has 2 aromatic heterocycles. The van der Waals surface area contributed by atoms with Crippen LogP contribution in [0.25, 0.3) is 0 Å². The first-order chi connectivity index (χ1) is 24.6.